The van der Waals surface area contributed by atoms with E-state index in [2.05, 4.69) is 5.16 Å². The van der Waals surface area contributed by atoms with Crippen molar-refractivity contribution in [2.75, 3.05) is 13.2 Å². The van der Waals surface area contributed by atoms with Crippen molar-refractivity contribution in [1.82, 2.24) is 5.16 Å². The molecule has 36 heavy (non-hydrogen) atoms. The number of nitrogens with zero attached hydrogens (tertiary/aromatic N) is 1. The van der Waals surface area contributed by atoms with Crippen molar-refractivity contribution in [3.63, 3.8) is 0 Å². The molecule has 0 saturated carbocycles. The average molecular weight is 508 g/mol. The van der Waals surface area contributed by atoms with Gasteiger partial charge in [0.25, 0.3) is 0 Å². The molecule has 0 amide bonds. The second-order valence-corrected chi connectivity index (χ2v) is 8.80. The zero-order chi connectivity index (χ0) is 26.3. The molecule has 0 spiro atoms. The third kappa shape index (κ3) is 6.71. The summed E-state index contributed by atoms with van der Waals surface area (Å²) < 4.78 is 56.5. The van der Waals surface area contributed by atoms with Crippen molar-refractivity contribution >= 4 is 16.9 Å². The van der Waals surface area contributed by atoms with E-state index in [9.17, 15) is 18.0 Å². The molecule has 1 aromatic heterocycles. The molecular formula is C27H32F3NO5. The number of hydrogen-bond donors (Lipinski definition) is 1. The highest BCUT2D eigenvalue weighted by Gasteiger charge is 2.37. The maximum absolute atomic E-state index is 13.2. The minimum absolute atomic E-state index is 0.0631. The minimum Gasteiger partial charge on any atom is -0.497 e. The fourth-order valence-electron chi connectivity index (χ4n) is 4.32. The molecule has 1 aliphatic rings. The molecule has 0 saturated heterocycles. The van der Waals surface area contributed by atoms with E-state index in [0.717, 1.165) is 23.3 Å². The summed E-state index contributed by atoms with van der Waals surface area (Å²) in [6.07, 6.45) is 4.61. The van der Waals surface area contributed by atoms with Crippen LogP contribution in [0.1, 0.15) is 64.1 Å². The molecule has 3 rings (SSSR count). The van der Waals surface area contributed by atoms with Gasteiger partial charge in [-0.15, -0.1) is 0 Å². The molecule has 2 aromatic rings. The second-order valence-electron chi connectivity index (χ2n) is 8.80. The van der Waals surface area contributed by atoms with Crippen molar-refractivity contribution in [3.8, 4) is 5.75 Å². The Hall–Kier alpha value is -3.23. The Morgan fingerprint density at radius 2 is 1.97 bits per heavy atom. The summed E-state index contributed by atoms with van der Waals surface area (Å²) in [5.41, 5.74) is 1.74. The number of halogens is 3. The molecule has 1 unspecified atom stereocenters. The number of carboxylic acid groups (broad SMARTS) is 1. The molecule has 0 aliphatic heterocycles. The minimum atomic E-state index is -4.59. The summed E-state index contributed by atoms with van der Waals surface area (Å²) in [7, 11) is 0. The van der Waals surface area contributed by atoms with Crippen LogP contribution in [-0.2, 0) is 22.1 Å². The Kier molecular flexibility index (Phi) is 9.23. The Balaban J connectivity index is 1.62. The number of alkyl halides is 3. The van der Waals surface area contributed by atoms with Crippen LogP contribution in [0.3, 0.4) is 0 Å². The number of fused-ring (bicyclic) bond motifs is 1. The SMILES string of the molecule is CCCc1c(OCCCOC2=CC(CC)=C(C(C)CC(=O)O)C=CC2)ccc2c(C(F)(F)F)noc12. The number of aliphatic carboxylic acids is 1. The van der Waals surface area contributed by atoms with E-state index >= 15 is 0 Å². The topological polar surface area (TPSA) is 81.8 Å². The molecule has 0 fully saturated rings. The predicted octanol–water partition coefficient (Wildman–Crippen LogP) is 7.25. The van der Waals surface area contributed by atoms with Gasteiger partial charge < -0.3 is 19.1 Å². The van der Waals surface area contributed by atoms with E-state index in [1.807, 2.05) is 39.0 Å². The van der Waals surface area contributed by atoms with Gasteiger partial charge in [-0.1, -0.05) is 44.5 Å². The number of allylic oxidation sites excluding steroid dienone is 5. The quantitative estimate of drug-likeness (QED) is 0.305. The maximum Gasteiger partial charge on any atom is 0.437 e. The van der Waals surface area contributed by atoms with Crippen molar-refractivity contribution < 1.29 is 37.1 Å². The van der Waals surface area contributed by atoms with Crippen LogP contribution in [0.15, 0.2) is 51.8 Å². The maximum atomic E-state index is 13.2. The molecule has 1 N–H and O–H groups in total. The van der Waals surface area contributed by atoms with Gasteiger partial charge in [0.2, 0.25) is 0 Å². The lowest BCUT2D eigenvalue weighted by Gasteiger charge is -2.14. The van der Waals surface area contributed by atoms with Gasteiger partial charge >= 0.3 is 12.1 Å². The van der Waals surface area contributed by atoms with E-state index in [0.29, 0.717) is 50.2 Å². The number of carboxylic acids is 1. The summed E-state index contributed by atoms with van der Waals surface area (Å²) in [5.74, 6) is 0.368. The lowest BCUT2D eigenvalue weighted by molar-refractivity contribution is -0.141. The van der Waals surface area contributed by atoms with Crippen LogP contribution in [0, 0.1) is 5.92 Å². The summed E-state index contributed by atoms with van der Waals surface area (Å²) >= 11 is 0. The Morgan fingerprint density at radius 1 is 1.22 bits per heavy atom. The van der Waals surface area contributed by atoms with Gasteiger partial charge in [-0.25, -0.2) is 0 Å². The first kappa shape index (κ1) is 27.4. The average Bonchev–Trinajstić information content (AvgIpc) is 3.15. The van der Waals surface area contributed by atoms with Crippen LogP contribution in [0.25, 0.3) is 11.0 Å². The molecule has 1 atom stereocenters. The number of aryl methyl sites for hydroxylation is 1. The van der Waals surface area contributed by atoms with E-state index in [-0.39, 0.29) is 23.3 Å². The first-order chi connectivity index (χ1) is 17.2. The van der Waals surface area contributed by atoms with E-state index in [1.165, 1.54) is 12.1 Å². The van der Waals surface area contributed by atoms with Gasteiger partial charge in [0.15, 0.2) is 11.3 Å². The van der Waals surface area contributed by atoms with Crippen LogP contribution in [0.5, 0.6) is 5.75 Å². The summed E-state index contributed by atoms with van der Waals surface area (Å²) in [5, 5.41) is 12.3. The van der Waals surface area contributed by atoms with Gasteiger partial charge in [0.05, 0.1) is 30.8 Å². The molecule has 6 nitrogen and oxygen atoms in total. The highest BCUT2D eigenvalue weighted by Crippen LogP contribution is 2.38. The van der Waals surface area contributed by atoms with E-state index in [4.69, 9.17) is 19.1 Å². The predicted molar refractivity (Wildman–Crippen MR) is 130 cm³/mol. The van der Waals surface area contributed by atoms with Crippen LogP contribution >= 0.6 is 0 Å². The number of ether oxygens (including phenoxy) is 2. The number of benzene rings is 1. The lowest BCUT2D eigenvalue weighted by Crippen LogP contribution is -2.07. The fourth-order valence-corrected chi connectivity index (χ4v) is 4.32. The van der Waals surface area contributed by atoms with Gasteiger partial charge in [-0.3, -0.25) is 4.79 Å². The Morgan fingerprint density at radius 3 is 2.64 bits per heavy atom. The van der Waals surface area contributed by atoms with E-state index < -0.39 is 17.8 Å². The fraction of sp³-hybridized carbons (Fsp3) is 0.481. The van der Waals surface area contributed by atoms with Gasteiger partial charge in [0, 0.05) is 18.4 Å². The Bertz CT molecular complexity index is 1160. The van der Waals surface area contributed by atoms with Gasteiger partial charge in [-0.05, 0) is 48.1 Å². The molecule has 9 heteroatoms. The highest BCUT2D eigenvalue weighted by atomic mass is 19.4. The monoisotopic (exact) mass is 507 g/mol. The summed E-state index contributed by atoms with van der Waals surface area (Å²) in [6.45, 7) is 6.60. The molecule has 1 heterocycles. The molecular weight excluding hydrogens is 475 g/mol. The van der Waals surface area contributed by atoms with Gasteiger partial charge in [-0.2, -0.15) is 13.2 Å². The van der Waals surface area contributed by atoms with Crippen molar-refractivity contribution in [2.24, 2.45) is 5.92 Å². The summed E-state index contributed by atoms with van der Waals surface area (Å²) in [6, 6.07) is 2.88. The Labute approximate surface area is 208 Å². The van der Waals surface area contributed by atoms with Crippen molar-refractivity contribution in [2.45, 2.75) is 65.5 Å². The third-order valence-corrected chi connectivity index (χ3v) is 6.02. The number of carbonyl (C=O) groups is 1. The first-order valence-electron chi connectivity index (χ1n) is 12.2. The first-order valence-corrected chi connectivity index (χ1v) is 12.2. The third-order valence-electron chi connectivity index (χ3n) is 6.02. The molecule has 196 valence electrons. The van der Waals surface area contributed by atoms with Gasteiger partial charge in [0.1, 0.15) is 5.75 Å². The smallest absolute Gasteiger partial charge is 0.437 e. The number of aromatic nitrogens is 1. The van der Waals surface area contributed by atoms with E-state index in [1.54, 1.807) is 0 Å². The summed E-state index contributed by atoms with van der Waals surface area (Å²) in [4.78, 5) is 11.1. The molecule has 0 bridgehead atoms. The molecule has 1 aromatic carbocycles. The number of hydrogen-bond acceptors (Lipinski definition) is 5. The zero-order valence-corrected chi connectivity index (χ0v) is 20.8. The molecule has 1 aliphatic carbocycles. The van der Waals surface area contributed by atoms with Crippen LogP contribution in [-0.4, -0.2) is 29.4 Å². The standard InChI is InChI=1S/C27H32F3NO5/c1-4-8-21-23(12-11-22-25(21)36-31-26(22)27(28,29)30)35-14-7-13-34-19-9-6-10-20(18(5-2)16-19)17(3)15-24(32)33/h6,10-12,16-17H,4-5,7-9,13-15H2,1-3H3,(H,32,33). The van der Waals surface area contributed by atoms with Crippen LogP contribution in [0.2, 0.25) is 0 Å². The number of rotatable bonds is 12. The van der Waals surface area contributed by atoms with Crippen LogP contribution in [0.4, 0.5) is 13.2 Å². The highest BCUT2D eigenvalue weighted by molar-refractivity contribution is 5.85. The van der Waals surface area contributed by atoms with Crippen LogP contribution < -0.4 is 4.74 Å². The molecule has 0 radical (unpaired) electrons. The second kappa shape index (κ2) is 12.1. The van der Waals surface area contributed by atoms with Crippen molar-refractivity contribution in [3.05, 3.63) is 58.5 Å². The largest absolute Gasteiger partial charge is 0.497 e. The normalized spacial score (nSPS) is 15.1. The zero-order valence-electron chi connectivity index (χ0n) is 20.8. The van der Waals surface area contributed by atoms with Crippen molar-refractivity contribution in [1.29, 1.82) is 0 Å². The lowest BCUT2D eigenvalue weighted by atomic mass is 9.92.